The highest BCUT2D eigenvalue weighted by atomic mass is 32.2. The molecule has 0 atom stereocenters. The summed E-state index contributed by atoms with van der Waals surface area (Å²) in [7, 11) is -3.65. The second-order valence-electron chi connectivity index (χ2n) is 7.29. The standard InChI is InChI=1S/C22H24N4O4S2/c27-21(25-11-2-12-26(14-13-25)22-23-10-16-31-22)9-6-18-4-7-20(8-5-18)32(28,29)24-17-19-3-1-15-30-19/h1,3-10,15-16,24H,2,11-14,17H2/b9-6+. The number of benzene rings is 1. The highest BCUT2D eigenvalue weighted by molar-refractivity contribution is 7.89. The summed E-state index contributed by atoms with van der Waals surface area (Å²) in [6.07, 6.45) is 7.42. The molecule has 32 heavy (non-hydrogen) atoms. The smallest absolute Gasteiger partial charge is 0.246 e. The van der Waals surface area contributed by atoms with Gasteiger partial charge in [0.2, 0.25) is 15.9 Å². The van der Waals surface area contributed by atoms with E-state index in [0.717, 1.165) is 30.2 Å². The Morgan fingerprint density at radius 2 is 2.00 bits per heavy atom. The first-order valence-corrected chi connectivity index (χ1v) is 12.6. The molecule has 1 aliphatic rings. The van der Waals surface area contributed by atoms with Crippen molar-refractivity contribution in [3.63, 3.8) is 0 Å². The van der Waals surface area contributed by atoms with E-state index in [1.54, 1.807) is 47.9 Å². The maximum Gasteiger partial charge on any atom is 0.246 e. The summed E-state index contributed by atoms with van der Waals surface area (Å²) < 4.78 is 32.5. The maximum absolute atomic E-state index is 12.6. The van der Waals surface area contributed by atoms with E-state index < -0.39 is 10.0 Å². The molecule has 1 aromatic carbocycles. The number of hydrogen-bond donors (Lipinski definition) is 1. The SMILES string of the molecule is O=C(/C=C/c1ccc(S(=O)(=O)NCc2ccco2)cc1)N1CCCN(c2nccs2)CC1. The van der Waals surface area contributed by atoms with Gasteiger partial charge in [0.05, 0.1) is 17.7 Å². The molecule has 4 rings (SSSR count). The second kappa shape index (κ2) is 10.1. The van der Waals surface area contributed by atoms with Gasteiger partial charge in [0.1, 0.15) is 5.76 Å². The molecular formula is C22H24N4O4S2. The van der Waals surface area contributed by atoms with Crippen LogP contribution >= 0.6 is 11.3 Å². The van der Waals surface area contributed by atoms with Gasteiger partial charge >= 0.3 is 0 Å². The molecule has 2 aromatic heterocycles. The van der Waals surface area contributed by atoms with E-state index in [-0.39, 0.29) is 17.3 Å². The molecule has 8 nitrogen and oxygen atoms in total. The highest BCUT2D eigenvalue weighted by Gasteiger charge is 2.19. The molecule has 0 saturated carbocycles. The normalized spacial score (nSPS) is 15.2. The highest BCUT2D eigenvalue weighted by Crippen LogP contribution is 2.19. The number of furan rings is 1. The molecule has 3 heterocycles. The van der Waals surface area contributed by atoms with Gasteiger partial charge in [0, 0.05) is 43.8 Å². The van der Waals surface area contributed by atoms with Crippen LogP contribution in [0.3, 0.4) is 0 Å². The second-order valence-corrected chi connectivity index (χ2v) is 9.93. The van der Waals surface area contributed by atoms with Crippen LogP contribution in [0.1, 0.15) is 17.7 Å². The van der Waals surface area contributed by atoms with Crippen LogP contribution < -0.4 is 9.62 Å². The van der Waals surface area contributed by atoms with E-state index in [9.17, 15) is 13.2 Å². The van der Waals surface area contributed by atoms with E-state index in [0.29, 0.717) is 18.8 Å². The fourth-order valence-corrected chi connectivity index (χ4v) is 5.09. The number of amides is 1. The third-order valence-electron chi connectivity index (χ3n) is 5.12. The summed E-state index contributed by atoms with van der Waals surface area (Å²) in [5, 5.41) is 2.95. The van der Waals surface area contributed by atoms with E-state index in [2.05, 4.69) is 14.6 Å². The van der Waals surface area contributed by atoms with E-state index in [4.69, 9.17) is 4.42 Å². The first-order chi connectivity index (χ1) is 15.5. The summed E-state index contributed by atoms with van der Waals surface area (Å²) in [5.41, 5.74) is 0.752. The average Bonchev–Trinajstić information content (AvgIpc) is 3.47. The van der Waals surface area contributed by atoms with Crippen LogP contribution in [0, 0.1) is 0 Å². The number of rotatable bonds is 7. The van der Waals surface area contributed by atoms with Crippen molar-refractivity contribution in [3.05, 3.63) is 71.6 Å². The number of thiazole rings is 1. The van der Waals surface area contributed by atoms with E-state index in [1.165, 1.54) is 24.5 Å². The van der Waals surface area contributed by atoms with Crippen LogP contribution in [-0.2, 0) is 21.4 Å². The molecule has 1 amide bonds. The number of carbonyl (C=O) groups is 1. The van der Waals surface area contributed by atoms with Gasteiger partial charge in [-0.1, -0.05) is 12.1 Å². The Bertz CT molecular complexity index is 1140. The first-order valence-electron chi connectivity index (χ1n) is 10.2. The molecule has 10 heteroatoms. The van der Waals surface area contributed by atoms with Crippen LogP contribution in [0.15, 0.2) is 69.6 Å². The number of hydrogen-bond acceptors (Lipinski definition) is 7. The summed E-state index contributed by atoms with van der Waals surface area (Å²) in [6.45, 7) is 3.06. The lowest BCUT2D eigenvalue weighted by atomic mass is 10.2. The fraction of sp³-hybridized carbons (Fsp3) is 0.273. The van der Waals surface area contributed by atoms with Crippen LogP contribution in [0.2, 0.25) is 0 Å². The molecular weight excluding hydrogens is 448 g/mol. The molecule has 0 unspecified atom stereocenters. The molecule has 168 valence electrons. The van der Waals surface area contributed by atoms with E-state index >= 15 is 0 Å². The van der Waals surface area contributed by atoms with Gasteiger partial charge in [-0.2, -0.15) is 0 Å². The van der Waals surface area contributed by atoms with Crippen LogP contribution in [-0.4, -0.2) is 50.4 Å². The molecule has 3 aromatic rings. The van der Waals surface area contributed by atoms with Gasteiger partial charge in [0.15, 0.2) is 5.13 Å². The Balaban J connectivity index is 1.32. The minimum absolute atomic E-state index is 0.0530. The van der Waals surface area contributed by atoms with Crippen molar-refractivity contribution in [1.29, 1.82) is 0 Å². The lowest BCUT2D eigenvalue weighted by molar-refractivity contribution is -0.125. The molecule has 1 N–H and O–H groups in total. The molecule has 0 bridgehead atoms. The Hall–Kier alpha value is -2.95. The van der Waals surface area contributed by atoms with Crippen LogP contribution in [0.25, 0.3) is 6.08 Å². The number of carbonyl (C=O) groups excluding carboxylic acids is 1. The van der Waals surface area contributed by atoms with Gasteiger partial charge in [-0.25, -0.2) is 18.1 Å². The van der Waals surface area contributed by atoms with Crippen LogP contribution in [0.5, 0.6) is 0 Å². The van der Waals surface area contributed by atoms with Crippen molar-refractivity contribution < 1.29 is 17.6 Å². The van der Waals surface area contributed by atoms with Crippen molar-refractivity contribution in [2.24, 2.45) is 0 Å². The zero-order valence-electron chi connectivity index (χ0n) is 17.4. The Kier molecular flexibility index (Phi) is 7.03. The van der Waals surface area contributed by atoms with Gasteiger partial charge in [-0.3, -0.25) is 4.79 Å². The number of sulfonamides is 1. The van der Waals surface area contributed by atoms with Crippen molar-refractivity contribution >= 4 is 38.5 Å². The number of anilines is 1. The molecule has 0 spiro atoms. The molecule has 0 aliphatic carbocycles. The molecule has 1 aliphatic heterocycles. The van der Waals surface area contributed by atoms with Crippen molar-refractivity contribution in [1.82, 2.24) is 14.6 Å². The predicted molar refractivity (Wildman–Crippen MR) is 124 cm³/mol. The van der Waals surface area contributed by atoms with Crippen molar-refractivity contribution in [3.8, 4) is 0 Å². The molecule has 1 fully saturated rings. The first kappa shape index (κ1) is 22.3. The third kappa shape index (κ3) is 5.64. The van der Waals surface area contributed by atoms with Crippen molar-refractivity contribution in [2.75, 3.05) is 31.1 Å². The summed E-state index contributed by atoms with van der Waals surface area (Å²) in [5.74, 6) is 0.484. The zero-order chi connectivity index (χ0) is 22.4. The van der Waals surface area contributed by atoms with Crippen LogP contribution in [0.4, 0.5) is 5.13 Å². The maximum atomic E-state index is 12.6. The molecule has 0 radical (unpaired) electrons. The minimum atomic E-state index is -3.65. The largest absolute Gasteiger partial charge is 0.468 e. The lowest BCUT2D eigenvalue weighted by Gasteiger charge is -2.20. The summed E-state index contributed by atoms with van der Waals surface area (Å²) in [6, 6.07) is 9.80. The summed E-state index contributed by atoms with van der Waals surface area (Å²) in [4.78, 5) is 21.2. The van der Waals surface area contributed by atoms with Crippen molar-refractivity contribution in [2.45, 2.75) is 17.9 Å². The van der Waals surface area contributed by atoms with Gasteiger partial charge < -0.3 is 14.2 Å². The fourth-order valence-electron chi connectivity index (χ4n) is 3.39. The number of nitrogens with one attached hydrogen (secondary N) is 1. The van der Waals surface area contributed by atoms with Gasteiger partial charge in [-0.05, 0) is 42.3 Å². The topological polar surface area (TPSA) is 95.7 Å². The zero-order valence-corrected chi connectivity index (χ0v) is 19.0. The minimum Gasteiger partial charge on any atom is -0.468 e. The monoisotopic (exact) mass is 472 g/mol. The average molecular weight is 473 g/mol. The Morgan fingerprint density at radius 3 is 2.72 bits per heavy atom. The Labute approximate surface area is 191 Å². The summed E-state index contributed by atoms with van der Waals surface area (Å²) >= 11 is 1.61. The third-order valence-corrected chi connectivity index (χ3v) is 7.37. The number of aromatic nitrogens is 1. The molecule has 1 saturated heterocycles. The number of nitrogens with zero attached hydrogens (tertiary/aromatic N) is 3. The van der Waals surface area contributed by atoms with Gasteiger partial charge in [0.25, 0.3) is 0 Å². The van der Waals surface area contributed by atoms with E-state index in [1.807, 2.05) is 10.3 Å². The predicted octanol–water partition coefficient (Wildman–Crippen LogP) is 2.97. The van der Waals surface area contributed by atoms with Gasteiger partial charge in [-0.15, -0.1) is 11.3 Å². The Morgan fingerprint density at radius 1 is 1.16 bits per heavy atom. The lowest BCUT2D eigenvalue weighted by Crippen LogP contribution is -2.34. The quantitative estimate of drug-likeness (QED) is 0.531.